The SMILES string of the molecule is COC(=O)C1(C(=O)OC)CC(c2ccccc2)N(c2ccccc2)CN(c2ccccc2)C1. The Morgan fingerprint density at radius 2 is 1.24 bits per heavy atom. The molecule has 1 aliphatic rings. The van der Waals surface area contributed by atoms with Crippen molar-refractivity contribution >= 4 is 23.3 Å². The van der Waals surface area contributed by atoms with E-state index < -0.39 is 17.4 Å². The Morgan fingerprint density at radius 3 is 1.76 bits per heavy atom. The summed E-state index contributed by atoms with van der Waals surface area (Å²) in [5, 5.41) is 0. The lowest BCUT2D eigenvalue weighted by Crippen LogP contribution is -2.49. The topological polar surface area (TPSA) is 59.1 Å². The Hall–Kier alpha value is -3.80. The van der Waals surface area contributed by atoms with Crippen molar-refractivity contribution in [3.05, 3.63) is 96.6 Å². The van der Waals surface area contributed by atoms with Crippen molar-refractivity contribution < 1.29 is 19.1 Å². The van der Waals surface area contributed by atoms with Gasteiger partial charge in [-0.1, -0.05) is 66.7 Å². The van der Waals surface area contributed by atoms with Gasteiger partial charge in [0.05, 0.1) is 26.9 Å². The minimum atomic E-state index is -1.50. The minimum absolute atomic E-state index is 0.142. The lowest BCUT2D eigenvalue weighted by atomic mass is 9.79. The molecule has 0 bridgehead atoms. The number of hydrogen-bond acceptors (Lipinski definition) is 6. The van der Waals surface area contributed by atoms with Crippen LogP contribution in [0, 0.1) is 5.41 Å². The second-order valence-electron chi connectivity index (χ2n) is 8.18. The van der Waals surface area contributed by atoms with Crippen LogP contribution in [0.3, 0.4) is 0 Å². The van der Waals surface area contributed by atoms with E-state index in [1.807, 2.05) is 95.9 Å². The molecule has 33 heavy (non-hydrogen) atoms. The Labute approximate surface area is 194 Å². The zero-order valence-corrected chi connectivity index (χ0v) is 18.9. The summed E-state index contributed by atoms with van der Waals surface area (Å²) >= 11 is 0. The zero-order valence-electron chi connectivity index (χ0n) is 18.9. The number of esters is 2. The lowest BCUT2D eigenvalue weighted by Gasteiger charge is -2.35. The van der Waals surface area contributed by atoms with Gasteiger partial charge in [0, 0.05) is 24.3 Å². The predicted octanol–water partition coefficient (Wildman–Crippen LogP) is 4.43. The number of para-hydroxylation sites is 2. The average molecular weight is 445 g/mol. The second-order valence-corrected chi connectivity index (χ2v) is 8.18. The van der Waals surface area contributed by atoms with Gasteiger partial charge in [0.25, 0.3) is 0 Å². The molecule has 0 aromatic heterocycles. The third-order valence-corrected chi connectivity index (χ3v) is 6.25. The summed E-state index contributed by atoms with van der Waals surface area (Å²) < 4.78 is 10.4. The number of carbonyl (C=O) groups excluding carboxylic acids is 2. The van der Waals surface area contributed by atoms with E-state index in [1.54, 1.807) is 0 Å². The molecule has 0 radical (unpaired) electrons. The van der Waals surface area contributed by atoms with Crippen molar-refractivity contribution in [1.82, 2.24) is 0 Å². The molecule has 3 aromatic carbocycles. The van der Waals surface area contributed by atoms with Crippen molar-refractivity contribution in [3.63, 3.8) is 0 Å². The maximum absolute atomic E-state index is 13.3. The molecular weight excluding hydrogens is 416 g/mol. The second kappa shape index (κ2) is 9.77. The van der Waals surface area contributed by atoms with Crippen LogP contribution in [0.1, 0.15) is 18.0 Å². The molecule has 1 aliphatic heterocycles. The fourth-order valence-electron chi connectivity index (χ4n) is 4.60. The van der Waals surface area contributed by atoms with Gasteiger partial charge in [-0.25, -0.2) is 0 Å². The number of methoxy groups -OCH3 is 2. The highest BCUT2D eigenvalue weighted by atomic mass is 16.5. The summed E-state index contributed by atoms with van der Waals surface area (Å²) in [6.07, 6.45) is 0.217. The predicted molar refractivity (Wildman–Crippen MR) is 128 cm³/mol. The minimum Gasteiger partial charge on any atom is -0.468 e. The van der Waals surface area contributed by atoms with E-state index in [-0.39, 0.29) is 19.0 Å². The summed E-state index contributed by atoms with van der Waals surface area (Å²) in [5.74, 6) is -1.18. The van der Waals surface area contributed by atoms with Crippen LogP contribution < -0.4 is 9.80 Å². The van der Waals surface area contributed by atoms with E-state index in [4.69, 9.17) is 9.47 Å². The van der Waals surface area contributed by atoms with Gasteiger partial charge in [-0.3, -0.25) is 9.59 Å². The van der Waals surface area contributed by atoms with Crippen LogP contribution in [-0.2, 0) is 19.1 Å². The standard InChI is InChI=1S/C27H28N2O4/c1-32-25(30)27(26(31)33-2)18-24(21-12-6-3-7-13-21)29(23-16-10-5-11-17-23)20-28(19-27)22-14-8-4-9-15-22/h3-17,24H,18-20H2,1-2H3. The van der Waals surface area contributed by atoms with Crippen LogP contribution in [0.4, 0.5) is 11.4 Å². The quantitative estimate of drug-likeness (QED) is 0.429. The Bertz CT molecular complexity index is 1060. The first-order valence-electron chi connectivity index (χ1n) is 10.9. The molecule has 4 rings (SSSR count). The Morgan fingerprint density at radius 1 is 0.758 bits per heavy atom. The van der Waals surface area contributed by atoms with E-state index in [2.05, 4.69) is 4.90 Å². The summed E-state index contributed by atoms with van der Waals surface area (Å²) in [7, 11) is 2.63. The molecule has 0 N–H and O–H groups in total. The Balaban J connectivity index is 1.92. The number of rotatable bonds is 5. The van der Waals surface area contributed by atoms with Crippen LogP contribution in [0.5, 0.6) is 0 Å². The molecule has 1 atom stereocenters. The molecule has 0 amide bonds. The van der Waals surface area contributed by atoms with Gasteiger partial charge in [-0.05, 0) is 29.8 Å². The largest absolute Gasteiger partial charge is 0.468 e. The van der Waals surface area contributed by atoms with Gasteiger partial charge in [-0.15, -0.1) is 0 Å². The molecule has 6 heteroatoms. The van der Waals surface area contributed by atoms with Crippen LogP contribution in [0.2, 0.25) is 0 Å². The van der Waals surface area contributed by atoms with Gasteiger partial charge in [0.2, 0.25) is 0 Å². The summed E-state index contributed by atoms with van der Waals surface area (Å²) in [6.45, 7) is 0.617. The first kappa shape index (κ1) is 22.4. The van der Waals surface area contributed by atoms with Crippen LogP contribution in [-0.4, -0.2) is 39.4 Å². The number of hydrogen-bond donors (Lipinski definition) is 0. The smallest absolute Gasteiger partial charge is 0.325 e. The number of ether oxygens (including phenoxy) is 2. The lowest BCUT2D eigenvalue weighted by molar-refractivity contribution is -0.169. The normalized spacial score (nSPS) is 17.7. The third-order valence-electron chi connectivity index (χ3n) is 6.25. The van der Waals surface area contributed by atoms with E-state index in [1.165, 1.54) is 14.2 Å². The molecule has 1 unspecified atom stereocenters. The van der Waals surface area contributed by atoms with Crippen LogP contribution in [0.15, 0.2) is 91.0 Å². The molecule has 1 heterocycles. The first-order valence-corrected chi connectivity index (χ1v) is 10.9. The van der Waals surface area contributed by atoms with E-state index in [0.717, 1.165) is 16.9 Å². The van der Waals surface area contributed by atoms with Gasteiger partial charge >= 0.3 is 11.9 Å². The van der Waals surface area contributed by atoms with E-state index in [9.17, 15) is 9.59 Å². The first-order chi connectivity index (χ1) is 16.1. The zero-order chi connectivity index (χ0) is 23.3. The molecular formula is C27H28N2O4. The number of anilines is 2. The highest BCUT2D eigenvalue weighted by Crippen LogP contribution is 2.43. The maximum atomic E-state index is 13.3. The van der Waals surface area contributed by atoms with Crippen molar-refractivity contribution in [2.24, 2.45) is 5.41 Å². The summed E-state index contributed by atoms with van der Waals surface area (Å²) in [6, 6.07) is 29.5. The molecule has 170 valence electrons. The number of nitrogens with zero attached hydrogens (tertiary/aromatic N) is 2. The van der Waals surface area contributed by atoms with Gasteiger partial charge < -0.3 is 19.3 Å². The van der Waals surface area contributed by atoms with E-state index >= 15 is 0 Å². The van der Waals surface area contributed by atoms with Crippen molar-refractivity contribution in [3.8, 4) is 0 Å². The Kier molecular flexibility index (Phi) is 6.63. The average Bonchev–Trinajstić information content (AvgIpc) is 3.08. The van der Waals surface area contributed by atoms with Crippen molar-refractivity contribution in [1.29, 1.82) is 0 Å². The van der Waals surface area contributed by atoms with Crippen molar-refractivity contribution in [2.75, 3.05) is 37.2 Å². The van der Waals surface area contributed by atoms with Crippen LogP contribution >= 0.6 is 0 Å². The molecule has 1 fully saturated rings. The number of benzene rings is 3. The van der Waals surface area contributed by atoms with Crippen LogP contribution in [0.25, 0.3) is 0 Å². The molecule has 0 saturated carbocycles. The fraction of sp³-hybridized carbons (Fsp3) is 0.259. The molecule has 6 nitrogen and oxygen atoms in total. The van der Waals surface area contributed by atoms with Gasteiger partial charge in [-0.2, -0.15) is 0 Å². The third kappa shape index (κ3) is 4.42. The highest BCUT2D eigenvalue weighted by molar-refractivity contribution is 6.01. The maximum Gasteiger partial charge on any atom is 0.325 e. The fourth-order valence-corrected chi connectivity index (χ4v) is 4.60. The molecule has 3 aromatic rings. The molecule has 0 aliphatic carbocycles. The van der Waals surface area contributed by atoms with Gasteiger partial charge in [0.1, 0.15) is 0 Å². The summed E-state index contributed by atoms with van der Waals surface area (Å²) in [5.41, 5.74) is 1.42. The monoisotopic (exact) mass is 444 g/mol. The highest BCUT2D eigenvalue weighted by Gasteiger charge is 2.54. The molecule has 0 spiro atoms. The van der Waals surface area contributed by atoms with Crippen molar-refractivity contribution in [2.45, 2.75) is 12.5 Å². The number of carbonyl (C=O) groups is 2. The van der Waals surface area contributed by atoms with E-state index in [0.29, 0.717) is 6.67 Å². The van der Waals surface area contributed by atoms with Gasteiger partial charge in [0.15, 0.2) is 5.41 Å². The molecule has 1 saturated heterocycles. The summed E-state index contributed by atoms with van der Waals surface area (Å²) in [4.78, 5) is 30.8.